The van der Waals surface area contributed by atoms with Gasteiger partial charge in [0, 0.05) is 5.02 Å². The number of halogens is 1. The van der Waals surface area contributed by atoms with Crippen molar-refractivity contribution in [2.24, 2.45) is 0 Å². The fourth-order valence-corrected chi connectivity index (χ4v) is 4.15. The molecular weight excluding hydrogens is 396 g/mol. The van der Waals surface area contributed by atoms with Gasteiger partial charge in [0.1, 0.15) is 6.61 Å². The molecule has 2 N–H and O–H groups in total. The Labute approximate surface area is 174 Å². The highest BCUT2D eigenvalue weighted by Gasteiger charge is 2.44. The molecular formula is C21H25ClN2O5. The van der Waals surface area contributed by atoms with E-state index in [4.69, 9.17) is 21.1 Å². The van der Waals surface area contributed by atoms with Crippen LogP contribution in [0.4, 0.5) is 4.79 Å². The van der Waals surface area contributed by atoms with Crippen LogP contribution in [0.15, 0.2) is 35.5 Å². The van der Waals surface area contributed by atoms with Crippen LogP contribution in [-0.2, 0) is 24.5 Å². The average molecular weight is 421 g/mol. The van der Waals surface area contributed by atoms with Crippen molar-refractivity contribution >= 4 is 29.6 Å². The van der Waals surface area contributed by atoms with Crippen LogP contribution in [0.25, 0.3) is 0 Å². The number of rotatable bonds is 6. The second-order valence-electron chi connectivity index (χ2n) is 7.31. The van der Waals surface area contributed by atoms with Gasteiger partial charge >= 0.3 is 18.0 Å². The van der Waals surface area contributed by atoms with Gasteiger partial charge in [0.05, 0.1) is 29.3 Å². The highest BCUT2D eigenvalue weighted by molar-refractivity contribution is 6.30. The van der Waals surface area contributed by atoms with Crippen molar-refractivity contribution in [3.63, 3.8) is 0 Å². The second kappa shape index (κ2) is 8.86. The fraction of sp³-hybridized carbons (Fsp3) is 0.476. The number of amides is 2. The first-order valence-electron chi connectivity index (χ1n) is 9.78. The van der Waals surface area contributed by atoms with E-state index in [0.717, 1.165) is 18.4 Å². The first-order valence-corrected chi connectivity index (χ1v) is 10.2. The molecule has 156 valence electrons. The molecule has 0 radical (unpaired) electrons. The van der Waals surface area contributed by atoms with Gasteiger partial charge < -0.3 is 20.1 Å². The van der Waals surface area contributed by atoms with Gasteiger partial charge in [-0.05, 0) is 44.4 Å². The molecule has 1 aliphatic carbocycles. The van der Waals surface area contributed by atoms with Crippen LogP contribution in [0.5, 0.6) is 0 Å². The van der Waals surface area contributed by atoms with E-state index in [9.17, 15) is 14.4 Å². The summed E-state index contributed by atoms with van der Waals surface area (Å²) in [6.07, 6.45) is 3.21. The van der Waals surface area contributed by atoms with E-state index in [1.165, 1.54) is 0 Å². The Morgan fingerprint density at radius 1 is 1.17 bits per heavy atom. The Kier molecular flexibility index (Phi) is 6.47. The maximum absolute atomic E-state index is 13.1. The molecule has 1 heterocycles. The number of benzene rings is 1. The molecule has 29 heavy (non-hydrogen) atoms. The molecule has 0 unspecified atom stereocenters. The summed E-state index contributed by atoms with van der Waals surface area (Å²) in [7, 11) is 0. The summed E-state index contributed by atoms with van der Waals surface area (Å²) in [6.45, 7) is 3.38. The van der Waals surface area contributed by atoms with Gasteiger partial charge in [-0.15, -0.1) is 0 Å². The van der Waals surface area contributed by atoms with Gasteiger partial charge in [0.15, 0.2) is 0 Å². The Morgan fingerprint density at radius 2 is 1.83 bits per heavy atom. The van der Waals surface area contributed by atoms with Crippen LogP contribution < -0.4 is 10.6 Å². The summed E-state index contributed by atoms with van der Waals surface area (Å²) >= 11 is 5.99. The molecule has 1 fully saturated rings. The topological polar surface area (TPSA) is 93.7 Å². The number of nitrogens with one attached hydrogen (secondary N) is 2. The van der Waals surface area contributed by atoms with Gasteiger partial charge in [-0.25, -0.2) is 9.59 Å². The molecule has 0 bridgehead atoms. The third-order valence-electron chi connectivity index (χ3n) is 5.46. The fourth-order valence-electron chi connectivity index (χ4n) is 4.03. The lowest BCUT2D eigenvalue weighted by molar-refractivity contribution is -0.150. The van der Waals surface area contributed by atoms with Crippen LogP contribution in [0.2, 0.25) is 5.02 Å². The molecule has 3 rings (SSSR count). The minimum Gasteiger partial charge on any atom is -0.463 e. The lowest BCUT2D eigenvalue weighted by Crippen LogP contribution is -2.50. The standard InChI is InChI=1S/C21H25ClN2O5/c1-3-28-18(25)17-13(2)23-20(27)24-16(17)12-29-19(26)21(10-4-5-11-21)14-6-8-15(22)9-7-14/h6-9,13H,3-5,10-12H2,1-2H3,(H2,23,24,27)/t13-/m0/s1. The Hall–Kier alpha value is -2.54. The van der Waals surface area contributed by atoms with Gasteiger partial charge in [-0.3, -0.25) is 4.79 Å². The molecule has 1 atom stereocenters. The van der Waals surface area contributed by atoms with Crippen molar-refractivity contribution in [1.82, 2.24) is 10.6 Å². The zero-order chi connectivity index (χ0) is 21.0. The summed E-state index contributed by atoms with van der Waals surface area (Å²) in [5.41, 5.74) is 0.632. The Bertz CT molecular complexity index is 828. The van der Waals surface area contributed by atoms with Crippen molar-refractivity contribution in [3.05, 3.63) is 46.1 Å². The molecule has 2 amide bonds. The molecule has 7 nitrogen and oxygen atoms in total. The zero-order valence-electron chi connectivity index (χ0n) is 16.5. The molecule has 1 aromatic rings. The predicted molar refractivity (Wildman–Crippen MR) is 107 cm³/mol. The number of carbonyl (C=O) groups excluding carboxylic acids is 3. The van der Waals surface area contributed by atoms with Gasteiger partial charge in [-0.2, -0.15) is 0 Å². The quantitative estimate of drug-likeness (QED) is 0.689. The number of hydrogen-bond donors (Lipinski definition) is 2. The molecule has 8 heteroatoms. The highest BCUT2D eigenvalue weighted by atomic mass is 35.5. The molecule has 2 aliphatic rings. The van der Waals surface area contributed by atoms with E-state index in [0.29, 0.717) is 17.9 Å². The van der Waals surface area contributed by atoms with Crippen molar-refractivity contribution in [3.8, 4) is 0 Å². The van der Waals surface area contributed by atoms with E-state index in [1.807, 2.05) is 12.1 Å². The number of urea groups is 1. The SMILES string of the molecule is CCOC(=O)C1=C(COC(=O)C2(c3ccc(Cl)cc3)CCCC2)NC(=O)N[C@H]1C. The van der Waals surface area contributed by atoms with Crippen molar-refractivity contribution in [2.75, 3.05) is 13.2 Å². The van der Waals surface area contributed by atoms with Gasteiger partial charge in [0.2, 0.25) is 0 Å². The van der Waals surface area contributed by atoms with E-state index in [-0.39, 0.29) is 30.5 Å². The second-order valence-corrected chi connectivity index (χ2v) is 7.74. The van der Waals surface area contributed by atoms with Crippen LogP contribution in [-0.4, -0.2) is 37.2 Å². The molecule has 0 aromatic heterocycles. The third kappa shape index (κ3) is 4.40. The summed E-state index contributed by atoms with van der Waals surface area (Å²) < 4.78 is 10.7. The van der Waals surface area contributed by atoms with E-state index >= 15 is 0 Å². The molecule has 0 spiro atoms. The number of hydrogen-bond acceptors (Lipinski definition) is 5. The largest absolute Gasteiger partial charge is 0.463 e. The molecule has 1 aromatic carbocycles. The lowest BCUT2D eigenvalue weighted by atomic mass is 9.79. The van der Waals surface area contributed by atoms with E-state index in [2.05, 4.69) is 10.6 Å². The molecule has 1 saturated carbocycles. The molecule has 0 saturated heterocycles. The van der Waals surface area contributed by atoms with E-state index in [1.54, 1.807) is 26.0 Å². The van der Waals surface area contributed by atoms with Crippen LogP contribution in [0.1, 0.15) is 45.1 Å². The maximum atomic E-state index is 13.1. The Morgan fingerprint density at radius 3 is 2.45 bits per heavy atom. The lowest BCUT2D eigenvalue weighted by Gasteiger charge is -2.29. The smallest absolute Gasteiger partial charge is 0.338 e. The average Bonchev–Trinajstić information content (AvgIpc) is 3.17. The first-order chi connectivity index (χ1) is 13.9. The van der Waals surface area contributed by atoms with Crippen LogP contribution >= 0.6 is 11.6 Å². The van der Waals surface area contributed by atoms with Crippen molar-refractivity contribution < 1.29 is 23.9 Å². The summed E-state index contributed by atoms with van der Waals surface area (Å²) in [5, 5.41) is 5.80. The third-order valence-corrected chi connectivity index (χ3v) is 5.71. The van der Waals surface area contributed by atoms with Crippen LogP contribution in [0.3, 0.4) is 0 Å². The van der Waals surface area contributed by atoms with Crippen molar-refractivity contribution in [1.29, 1.82) is 0 Å². The Balaban J connectivity index is 1.82. The zero-order valence-corrected chi connectivity index (χ0v) is 17.3. The normalized spacial score (nSPS) is 20.7. The summed E-state index contributed by atoms with van der Waals surface area (Å²) in [6, 6.07) is 6.23. The van der Waals surface area contributed by atoms with Crippen molar-refractivity contribution in [2.45, 2.75) is 51.0 Å². The number of esters is 2. The number of ether oxygens (including phenoxy) is 2. The minimum absolute atomic E-state index is 0.204. The van der Waals surface area contributed by atoms with Gasteiger partial charge in [0.25, 0.3) is 0 Å². The molecule has 1 aliphatic heterocycles. The number of carbonyl (C=O) groups is 3. The maximum Gasteiger partial charge on any atom is 0.338 e. The first kappa shape index (κ1) is 21.2. The summed E-state index contributed by atoms with van der Waals surface area (Å²) in [5.74, 6) is -0.916. The van der Waals surface area contributed by atoms with E-state index < -0.39 is 23.5 Å². The minimum atomic E-state index is -0.738. The van der Waals surface area contributed by atoms with Crippen LogP contribution in [0, 0.1) is 0 Å². The van der Waals surface area contributed by atoms with Gasteiger partial charge in [-0.1, -0.05) is 36.6 Å². The predicted octanol–water partition coefficient (Wildman–Crippen LogP) is 3.21. The summed E-state index contributed by atoms with van der Waals surface area (Å²) in [4.78, 5) is 37.3. The highest BCUT2D eigenvalue weighted by Crippen LogP contribution is 2.42. The monoisotopic (exact) mass is 420 g/mol.